The fourth-order valence-corrected chi connectivity index (χ4v) is 2.40. The van der Waals surface area contributed by atoms with Gasteiger partial charge < -0.3 is 4.74 Å². The molecule has 90 valence electrons. The molecule has 1 nitrogen and oxygen atoms in total. The van der Waals surface area contributed by atoms with E-state index in [1.165, 1.54) is 6.07 Å². The molecule has 0 aliphatic heterocycles. The molecule has 1 aromatic carbocycles. The van der Waals surface area contributed by atoms with Crippen LogP contribution in [0.5, 0.6) is 5.75 Å². The van der Waals surface area contributed by atoms with Gasteiger partial charge in [-0.15, -0.1) is 0 Å². The van der Waals surface area contributed by atoms with Crippen molar-refractivity contribution in [3.63, 3.8) is 0 Å². The van der Waals surface area contributed by atoms with E-state index in [4.69, 9.17) is 4.74 Å². The second kappa shape index (κ2) is 6.24. The van der Waals surface area contributed by atoms with E-state index in [1.54, 1.807) is 19.2 Å². The van der Waals surface area contributed by atoms with Crippen molar-refractivity contribution in [2.45, 2.75) is 31.5 Å². The van der Waals surface area contributed by atoms with E-state index in [2.05, 4.69) is 29.8 Å². The Morgan fingerprint density at radius 2 is 2.12 bits per heavy atom. The fraction of sp³-hybridized carbons (Fsp3) is 0.538. The van der Waals surface area contributed by atoms with Crippen LogP contribution in [0.1, 0.15) is 37.1 Å². The fourth-order valence-electron chi connectivity index (χ4n) is 1.77. The molecule has 2 atom stereocenters. The molecule has 3 heteroatoms. The first-order chi connectivity index (χ1) is 7.60. The van der Waals surface area contributed by atoms with E-state index in [0.29, 0.717) is 17.2 Å². The van der Waals surface area contributed by atoms with Crippen LogP contribution in [0.25, 0.3) is 0 Å². The summed E-state index contributed by atoms with van der Waals surface area (Å²) in [6.45, 7) is 4.27. The maximum absolute atomic E-state index is 13.8. The lowest BCUT2D eigenvalue weighted by molar-refractivity contribution is 0.409. The summed E-state index contributed by atoms with van der Waals surface area (Å²) in [4.78, 5) is 0.0679. The quantitative estimate of drug-likeness (QED) is 0.713. The van der Waals surface area contributed by atoms with Gasteiger partial charge in [0.15, 0.2) is 0 Å². The summed E-state index contributed by atoms with van der Waals surface area (Å²) < 4.78 is 18.8. The summed E-state index contributed by atoms with van der Waals surface area (Å²) >= 11 is 3.57. The highest BCUT2D eigenvalue weighted by Crippen LogP contribution is 2.35. The molecule has 0 spiro atoms. The van der Waals surface area contributed by atoms with Crippen LogP contribution in [0, 0.1) is 11.7 Å². The molecule has 0 heterocycles. The average Bonchev–Trinajstić information content (AvgIpc) is 2.28. The molecule has 0 aliphatic rings. The predicted octanol–water partition coefficient (Wildman–Crippen LogP) is 4.71. The van der Waals surface area contributed by atoms with Crippen LogP contribution in [0.3, 0.4) is 0 Å². The monoisotopic (exact) mass is 288 g/mol. The lowest BCUT2D eigenvalue weighted by Gasteiger charge is -2.18. The molecule has 0 saturated carbocycles. The largest absolute Gasteiger partial charge is 0.497 e. The molecule has 0 aromatic heterocycles. The van der Waals surface area contributed by atoms with Gasteiger partial charge in [-0.05, 0) is 18.4 Å². The van der Waals surface area contributed by atoms with Crippen LogP contribution >= 0.6 is 15.9 Å². The second-order valence-electron chi connectivity index (χ2n) is 4.06. The van der Waals surface area contributed by atoms with Gasteiger partial charge in [0.2, 0.25) is 0 Å². The number of methoxy groups -OCH3 is 1. The average molecular weight is 289 g/mol. The van der Waals surface area contributed by atoms with Gasteiger partial charge in [0.1, 0.15) is 11.6 Å². The van der Waals surface area contributed by atoms with Gasteiger partial charge in [-0.3, -0.25) is 0 Å². The molecule has 0 amide bonds. The van der Waals surface area contributed by atoms with Gasteiger partial charge >= 0.3 is 0 Å². The minimum atomic E-state index is -0.204. The highest BCUT2D eigenvalue weighted by Gasteiger charge is 2.19. The number of hydrogen-bond donors (Lipinski definition) is 0. The van der Waals surface area contributed by atoms with Crippen molar-refractivity contribution in [3.8, 4) is 5.75 Å². The lowest BCUT2D eigenvalue weighted by Crippen LogP contribution is -2.05. The summed E-state index contributed by atoms with van der Waals surface area (Å²) in [6, 6.07) is 5.02. The Kier molecular flexibility index (Phi) is 5.26. The van der Waals surface area contributed by atoms with Crippen LogP contribution in [-0.2, 0) is 0 Å². The zero-order valence-electron chi connectivity index (χ0n) is 9.97. The summed E-state index contributed by atoms with van der Waals surface area (Å²) in [7, 11) is 1.54. The predicted molar refractivity (Wildman–Crippen MR) is 68.7 cm³/mol. The Morgan fingerprint density at radius 1 is 1.44 bits per heavy atom. The summed E-state index contributed by atoms with van der Waals surface area (Å²) in [6.07, 6.45) is 2.20. The van der Waals surface area contributed by atoms with Gasteiger partial charge in [-0.25, -0.2) is 4.39 Å². The van der Waals surface area contributed by atoms with Crippen LogP contribution < -0.4 is 4.74 Å². The van der Waals surface area contributed by atoms with Gasteiger partial charge in [0.25, 0.3) is 0 Å². The van der Waals surface area contributed by atoms with Crippen molar-refractivity contribution in [1.29, 1.82) is 0 Å². The number of rotatable bonds is 5. The van der Waals surface area contributed by atoms with Gasteiger partial charge in [-0.2, -0.15) is 0 Å². The van der Waals surface area contributed by atoms with E-state index in [9.17, 15) is 4.39 Å². The first-order valence-electron chi connectivity index (χ1n) is 5.57. The third-order valence-corrected chi connectivity index (χ3v) is 4.14. The molecule has 1 rings (SSSR count). The highest BCUT2D eigenvalue weighted by molar-refractivity contribution is 9.09. The summed E-state index contributed by atoms with van der Waals surface area (Å²) in [5.74, 6) is 0.779. The molecule has 0 fully saturated rings. The number of hydrogen-bond acceptors (Lipinski definition) is 1. The molecule has 1 aromatic rings. The van der Waals surface area contributed by atoms with Crippen molar-refractivity contribution in [2.75, 3.05) is 7.11 Å². The van der Waals surface area contributed by atoms with Crippen molar-refractivity contribution in [3.05, 3.63) is 29.6 Å². The SMILES string of the molecule is CCCC(C)C(Br)c1ccc(OC)cc1F. The first-order valence-corrected chi connectivity index (χ1v) is 6.49. The highest BCUT2D eigenvalue weighted by atomic mass is 79.9. The Labute approximate surface area is 105 Å². The van der Waals surface area contributed by atoms with Crippen LogP contribution in [-0.4, -0.2) is 7.11 Å². The van der Waals surface area contributed by atoms with Crippen molar-refractivity contribution in [2.24, 2.45) is 5.92 Å². The molecule has 0 N–H and O–H groups in total. The Hall–Kier alpha value is -0.570. The zero-order chi connectivity index (χ0) is 12.1. The third-order valence-electron chi connectivity index (χ3n) is 2.75. The minimum Gasteiger partial charge on any atom is -0.497 e. The van der Waals surface area contributed by atoms with Crippen LogP contribution in [0.4, 0.5) is 4.39 Å². The van der Waals surface area contributed by atoms with Gasteiger partial charge in [0, 0.05) is 16.5 Å². The molecular formula is C13H18BrFO. The van der Waals surface area contributed by atoms with E-state index < -0.39 is 0 Å². The molecule has 2 unspecified atom stereocenters. The van der Waals surface area contributed by atoms with Crippen molar-refractivity contribution < 1.29 is 9.13 Å². The summed E-state index contributed by atoms with van der Waals surface area (Å²) in [5, 5.41) is 0. The van der Waals surface area contributed by atoms with Crippen molar-refractivity contribution in [1.82, 2.24) is 0 Å². The smallest absolute Gasteiger partial charge is 0.131 e. The maximum atomic E-state index is 13.8. The number of benzene rings is 1. The molecule has 0 aliphatic carbocycles. The zero-order valence-corrected chi connectivity index (χ0v) is 11.6. The Balaban J connectivity index is 2.87. The number of halogens is 2. The summed E-state index contributed by atoms with van der Waals surface area (Å²) in [5.41, 5.74) is 0.710. The van der Waals surface area contributed by atoms with E-state index >= 15 is 0 Å². The standard InChI is InChI=1S/C13H18BrFO/c1-4-5-9(2)13(14)11-7-6-10(16-3)8-12(11)15/h6-9,13H,4-5H2,1-3H3. The van der Waals surface area contributed by atoms with Crippen LogP contribution in [0.2, 0.25) is 0 Å². The maximum Gasteiger partial charge on any atom is 0.131 e. The Bertz CT molecular complexity index is 341. The Morgan fingerprint density at radius 3 is 2.62 bits per heavy atom. The lowest BCUT2D eigenvalue weighted by atomic mass is 9.96. The number of alkyl halides is 1. The first kappa shape index (κ1) is 13.5. The molecular weight excluding hydrogens is 271 g/mol. The van der Waals surface area contributed by atoms with E-state index in [1.807, 2.05) is 0 Å². The van der Waals surface area contributed by atoms with E-state index in [0.717, 1.165) is 12.8 Å². The van der Waals surface area contributed by atoms with Gasteiger partial charge in [0.05, 0.1) is 7.11 Å². The minimum absolute atomic E-state index is 0.0679. The van der Waals surface area contributed by atoms with Crippen LogP contribution in [0.15, 0.2) is 18.2 Å². The van der Waals surface area contributed by atoms with Crippen molar-refractivity contribution >= 4 is 15.9 Å². The second-order valence-corrected chi connectivity index (χ2v) is 5.04. The molecule has 16 heavy (non-hydrogen) atoms. The van der Waals surface area contributed by atoms with E-state index in [-0.39, 0.29) is 10.6 Å². The topological polar surface area (TPSA) is 9.23 Å². The normalized spacial score (nSPS) is 14.6. The number of ether oxygens (including phenoxy) is 1. The third kappa shape index (κ3) is 3.21. The van der Waals surface area contributed by atoms with Gasteiger partial charge in [-0.1, -0.05) is 42.3 Å². The molecule has 0 radical (unpaired) electrons. The molecule has 0 bridgehead atoms. The molecule has 0 saturated heterocycles.